The lowest BCUT2D eigenvalue weighted by Gasteiger charge is -2.20. The van der Waals surface area contributed by atoms with Crippen LogP contribution in [0.25, 0.3) is 0 Å². The van der Waals surface area contributed by atoms with Crippen LogP contribution >= 0.6 is 15.9 Å². The molecule has 1 rings (SSSR count). The van der Waals surface area contributed by atoms with Crippen molar-refractivity contribution in [3.63, 3.8) is 0 Å². The van der Waals surface area contributed by atoms with Gasteiger partial charge < -0.3 is 5.32 Å². The lowest BCUT2D eigenvalue weighted by atomic mass is 9.95. The molecular formula is C14H22BrN. The van der Waals surface area contributed by atoms with Crippen LogP contribution in [0.3, 0.4) is 0 Å². The minimum Gasteiger partial charge on any atom is -0.313 e. The van der Waals surface area contributed by atoms with Crippen molar-refractivity contribution < 1.29 is 0 Å². The summed E-state index contributed by atoms with van der Waals surface area (Å²) in [6.07, 6.45) is 1.18. The van der Waals surface area contributed by atoms with E-state index in [4.69, 9.17) is 0 Å². The first kappa shape index (κ1) is 13.7. The average molecular weight is 284 g/mol. The summed E-state index contributed by atoms with van der Waals surface area (Å²) in [7, 11) is 2.04. The number of nitrogens with one attached hydrogen (secondary N) is 1. The molecule has 0 aliphatic carbocycles. The topological polar surface area (TPSA) is 12.0 Å². The Morgan fingerprint density at radius 2 is 1.69 bits per heavy atom. The zero-order valence-corrected chi connectivity index (χ0v) is 12.5. The maximum Gasteiger partial charge on any atom is 0.0320 e. The Hall–Kier alpha value is -0.340. The molecule has 0 heterocycles. The zero-order valence-electron chi connectivity index (χ0n) is 10.9. The molecule has 0 amide bonds. The lowest BCUT2D eigenvalue weighted by Crippen LogP contribution is -2.18. The molecule has 1 atom stereocenters. The maximum atomic E-state index is 3.61. The molecule has 0 spiro atoms. The minimum atomic E-state index is 0.463. The average Bonchev–Trinajstić information content (AvgIpc) is 2.21. The zero-order chi connectivity index (χ0) is 12.3. The molecule has 1 nitrogen and oxygen atoms in total. The van der Waals surface area contributed by atoms with E-state index in [9.17, 15) is 0 Å². The quantitative estimate of drug-likeness (QED) is 0.865. The van der Waals surface area contributed by atoms with Gasteiger partial charge in [0.05, 0.1) is 0 Å². The number of aryl methyl sites for hydroxylation is 2. The van der Waals surface area contributed by atoms with Crippen molar-refractivity contribution in [1.82, 2.24) is 5.32 Å². The predicted molar refractivity (Wildman–Crippen MR) is 74.9 cm³/mol. The molecule has 0 saturated heterocycles. The van der Waals surface area contributed by atoms with Gasteiger partial charge >= 0.3 is 0 Å². The third-order valence-corrected chi connectivity index (χ3v) is 4.17. The summed E-state index contributed by atoms with van der Waals surface area (Å²) >= 11 is 3.61. The van der Waals surface area contributed by atoms with Gasteiger partial charge in [-0.15, -0.1) is 0 Å². The summed E-state index contributed by atoms with van der Waals surface area (Å²) in [5.41, 5.74) is 4.03. The SMILES string of the molecule is CNC(CC(C)C)c1cc(C)c(Br)c(C)c1. The fourth-order valence-corrected chi connectivity index (χ4v) is 2.30. The van der Waals surface area contributed by atoms with E-state index in [1.54, 1.807) is 0 Å². The van der Waals surface area contributed by atoms with Gasteiger partial charge in [-0.05, 0) is 49.9 Å². The van der Waals surface area contributed by atoms with Crippen molar-refractivity contribution >= 4 is 15.9 Å². The van der Waals surface area contributed by atoms with Crippen molar-refractivity contribution in [3.05, 3.63) is 33.3 Å². The van der Waals surface area contributed by atoms with E-state index in [1.165, 1.54) is 27.6 Å². The summed E-state index contributed by atoms with van der Waals surface area (Å²) in [5, 5.41) is 3.41. The Labute approximate surface area is 108 Å². The van der Waals surface area contributed by atoms with Crippen LogP contribution in [0.5, 0.6) is 0 Å². The van der Waals surface area contributed by atoms with E-state index < -0.39 is 0 Å². The Kier molecular flexibility index (Phi) is 5.00. The fraction of sp³-hybridized carbons (Fsp3) is 0.571. The predicted octanol–water partition coefficient (Wildman–Crippen LogP) is 4.37. The van der Waals surface area contributed by atoms with Gasteiger partial charge in [0.15, 0.2) is 0 Å². The van der Waals surface area contributed by atoms with Crippen LogP contribution in [0, 0.1) is 19.8 Å². The molecule has 0 aromatic heterocycles. The second-order valence-electron chi connectivity index (χ2n) is 4.94. The molecular weight excluding hydrogens is 262 g/mol. The van der Waals surface area contributed by atoms with Gasteiger partial charge in [0.25, 0.3) is 0 Å². The van der Waals surface area contributed by atoms with E-state index in [0.29, 0.717) is 12.0 Å². The highest BCUT2D eigenvalue weighted by molar-refractivity contribution is 9.10. The van der Waals surface area contributed by atoms with Crippen LogP contribution in [0.1, 0.15) is 43.0 Å². The van der Waals surface area contributed by atoms with Crippen LogP contribution in [0.15, 0.2) is 16.6 Å². The third kappa shape index (κ3) is 3.33. The number of hydrogen-bond acceptors (Lipinski definition) is 1. The molecule has 0 aliphatic heterocycles. The molecule has 1 aromatic rings. The molecule has 0 fully saturated rings. The molecule has 0 radical (unpaired) electrons. The molecule has 0 aliphatic rings. The Bertz CT molecular complexity index is 335. The van der Waals surface area contributed by atoms with Crippen LogP contribution in [-0.4, -0.2) is 7.05 Å². The van der Waals surface area contributed by atoms with E-state index in [1.807, 2.05) is 7.05 Å². The summed E-state index contributed by atoms with van der Waals surface area (Å²) in [6.45, 7) is 8.84. The fourth-order valence-electron chi connectivity index (χ4n) is 2.07. The summed E-state index contributed by atoms with van der Waals surface area (Å²) in [5.74, 6) is 0.710. The summed E-state index contributed by atoms with van der Waals surface area (Å²) in [4.78, 5) is 0. The number of benzene rings is 1. The first-order valence-corrected chi connectivity index (χ1v) is 6.69. The Morgan fingerprint density at radius 3 is 2.06 bits per heavy atom. The largest absolute Gasteiger partial charge is 0.313 e. The molecule has 90 valence electrons. The Balaban J connectivity index is 3.01. The van der Waals surface area contributed by atoms with E-state index in [0.717, 1.165) is 0 Å². The molecule has 1 aromatic carbocycles. The smallest absolute Gasteiger partial charge is 0.0320 e. The summed E-state index contributed by atoms with van der Waals surface area (Å²) < 4.78 is 1.23. The first-order valence-electron chi connectivity index (χ1n) is 5.89. The van der Waals surface area contributed by atoms with Gasteiger partial charge in [0, 0.05) is 10.5 Å². The van der Waals surface area contributed by atoms with Crippen molar-refractivity contribution in [3.8, 4) is 0 Å². The van der Waals surface area contributed by atoms with Gasteiger partial charge in [-0.1, -0.05) is 41.9 Å². The monoisotopic (exact) mass is 283 g/mol. The first-order chi connectivity index (χ1) is 7.45. The second-order valence-corrected chi connectivity index (χ2v) is 5.73. The van der Waals surface area contributed by atoms with Gasteiger partial charge in [0.1, 0.15) is 0 Å². The molecule has 0 bridgehead atoms. The maximum absolute atomic E-state index is 3.61. The number of halogens is 1. The molecule has 1 N–H and O–H groups in total. The second kappa shape index (κ2) is 5.83. The highest BCUT2D eigenvalue weighted by Crippen LogP contribution is 2.28. The minimum absolute atomic E-state index is 0.463. The van der Waals surface area contributed by atoms with Crippen LogP contribution in [0.2, 0.25) is 0 Å². The Morgan fingerprint density at radius 1 is 1.19 bits per heavy atom. The van der Waals surface area contributed by atoms with Gasteiger partial charge in [-0.2, -0.15) is 0 Å². The van der Waals surface area contributed by atoms with Crippen molar-refractivity contribution in [2.75, 3.05) is 7.05 Å². The van der Waals surface area contributed by atoms with E-state index in [-0.39, 0.29) is 0 Å². The van der Waals surface area contributed by atoms with E-state index in [2.05, 4.69) is 61.1 Å². The summed E-state index contributed by atoms with van der Waals surface area (Å²) in [6, 6.07) is 5.02. The molecule has 2 heteroatoms. The van der Waals surface area contributed by atoms with E-state index >= 15 is 0 Å². The molecule has 0 saturated carbocycles. The van der Waals surface area contributed by atoms with Crippen LogP contribution in [0.4, 0.5) is 0 Å². The third-order valence-electron chi connectivity index (χ3n) is 2.92. The molecule has 1 unspecified atom stereocenters. The van der Waals surface area contributed by atoms with Gasteiger partial charge in [-0.25, -0.2) is 0 Å². The highest BCUT2D eigenvalue weighted by Gasteiger charge is 2.13. The highest BCUT2D eigenvalue weighted by atomic mass is 79.9. The standard InChI is InChI=1S/C14H22BrN/c1-9(2)6-13(16-5)12-7-10(3)14(15)11(4)8-12/h7-9,13,16H,6H2,1-5H3. The van der Waals surface area contributed by atoms with Crippen molar-refractivity contribution in [2.24, 2.45) is 5.92 Å². The number of hydrogen-bond donors (Lipinski definition) is 1. The lowest BCUT2D eigenvalue weighted by molar-refractivity contribution is 0.456. The van der Waals surface area contributed by atoms with Crippen molar-refractivity contribution in [2.45, 2.75) is 40.2 Å². The van der Waals surface area contributed by atoms with Crippen molar-refractivity contribution in [1.29, 1.82) is 0 Å². The van der Waals surface area contributed by atoms with Gasteiger partial charge in [0.2, 0.25) is 0 Å². The number of rotatable bonds is 4. The normalized spacial score (nSPS) is 13.2. The molecule has 16 heavy (non-hydrogen) atoms. The van der Waals surface area contributed by atoms with Crippen LogP contribution in [-0.2, 0) is 0 Å². The van der Waals surface area contributed by atoms with Crippen LogP contribution < -0.4 is 5.32 Å². The van der Waals surface area contributed by atoms with Gasteiger partial charge in [-0.3, -0.25) is 0 Å².